The zero-order chi connectivity index (χ0) is 16.2. The van der Waals surface area contributed by atoms with E-state index in [1.165, 1.54) is 23.0 Å². The first kappa shape index (κ1) is 14.8. The first-order chi connectivity index (χ1) is 11.1. The average Bonchev–Trinajstić information content (AvgIpc) is 3.04. The molecule has 0 unspecified atom stereocenters. The number of pyridine rings is 1. The Morgan fingerprint density at radius 1 is 1.22 bits per heavy atom. The van der Waals surface area contributed by atoms with Gasteiger partial charge in [0.1, 0.15) is 11.8 Å². The summed E-state index contributed by atoms with van der Waals surface area (Å²) < 4.78 is 6.15. The van der Waals surface area contributed by atoms with Crippen LogP contribution in [0.25, 0.3) is 0 Å². The molecule has 6 nitrogen and oxygen atoms in total. The maximum atomic E-state index is 12.5. The lowest BCUT2D eigenvalue weighted by Gasteiger charge is -2.08. The third-order valence-electron chi connectivity index (χ3n) is 3.42. The topological polar surface area (TPSA) is 77.1 Å². The van der Waals surface area contributed by atoms with Gasteiger partial charge in [0, 0.05) is 12.3 Å². The van der Waals surface area contributed by atoms with Crippen molar-refractivity contribution in [2.24, 2.45) is 0 Å². The molecule has 23 heavy (non-hydrogen) atoms. The van der Waals surface area contributed by atoms with Crippen LogP contribution in [0.3, 0.4) is 0 Å². The molecule has 116 valence electrons. The molecule has 0 atom stereocenters. The summed E-state index contributed by atoms with van der Waals surface area (Å²) in [6.07, 6.45) is 3.01. The molecule has 3 aromatic rings. The molecule has 0 saturated carbocycles. The van der Waals surface area contributed by atoms with Crippen LogP contribution in [0.15, 0.2) is 64.2 Å². The van der Waals surface area contributed by atoms with E-state index >= 15 is 0 Å². The summed E-state index contributed by atoms with van der Waals surface area (Å²) in [5.74, 6) is -0.245. The van der Waals surface area contributed by atoms with Gasteiger partial charge in [-0.2, -0.15) is 0 Å². The fourth-order valence-corrected chi connectivity index (χ4v) is 2.19. The summed E-state index contributed by atoms with van der Waals surface area (Å²) in [5.41, 5.74) is 1.85. The highest BCUT2D eigenvalue weighted by atomic mass is 16.5. The van der Waals surface area contributed by atoms with Crippen molar-refractivity contribution < 1.29 is 9.32 Å². The van der Waals surface area contributed by atoms with Gasteiger partial charge in [0.15, 0.2) is 5.82 Å². The van der Waals surface area contributed by atoms with Gasteiger partial charge in [0.05, 0.1) is 6.54 Å². The summed E-state index contributed by atoms with van der Waals surface area (Å²) >= 11 is 0. The number of anilines is 1. The number of nitrogens with zero attached hydrogens (tertiary/aromatic N) is 2. The van der Waals surface area contributed by atoms with Crippen LogP contribution in [-0.2, 0) is 6.54 Å². The summed E-state index contributed by atoms with van der Waals surface area (Å²) in [7, 11) is 0. The Morgan fingerprint density at radius 2 is 2.00 bits per heavy atom. The summed E-state index contributed by atoms with van der Waals surface area (Å²) in [4.78, 5) is 24.6. The van der Waals surface area contributed by atoms with E-state index in [9.17, 15) is 9.59 Å². The molecule has 1 aromatic carbocycles. The molecule has 3 rings (SSSR count). The lowest BCUT2D eigenvalue weighted by atomic mass is 10.1. The molecule has 0 spiro atoms. The number of nitrogens with one attached hydrogen (secondary N) is 1. The maximum absolute atomic E-state index is 12.5. The number of amides is 1. The van der Waals surface area contributed by atoms with E-state index in [-0.39, 0.29) is 16.9 Å². The van der Waals surface area contributed by atoms with E-state index in [1.54, 1.807) is 12.3 Å². The standard InChI is InChI=1S/C17H15N3O3/c1-12-4-6-13(7-5-12)11-20-9-2-3-14(17(20)22)16(21)18-15-8-10-23-19-15/h2-10H,11H2,1H3,(H,18,19,21). The predicted octanol–water partition coefficient (Wildman–Crippen LogP) is 2.45. The zero-order valence-corrected chi connectivity index (χ0v) is 12.5. The largest absolute Gasteiger partial charge is 0.363 e. The number of benzene rings is 1. The summed E-state index contributed by atoms with van der Waals surface area (Å²) in [6.45, 7) is 2.41. The highest BCUT2D eigenvalue weighted by Crippen LogP contribution is 2.06. The number of aromatic nitrogens is 2. The molecule has 0 saturated heterocycles. The zero-order valence-electron chi connectivity index (χ0n) is 12.5. The Labute approximate surface area is 132 Å². The Balaban J connectivity index is 1.84. The van der Waals surface area contributed by atoms with Gasteiger partial charge < -0.3 is 14.4 Å². The van der Waals surface area contributed by atoms with E-state index < -0.39 is 5.91 Å². The van der Waals surface area contributed by atoms with Crippen LogP contribution in [0.2, 0.25) is 0 Å². The van der Waals surface area contributed by atoms with Crippen LogP contribution in [0.5, 0.6) is 0 Å². The van der Waals surface area contributed by atoms with Gasteiger partial charge in [-0.05, 0) is 24.6 Å². The molecule has 1 amide bonds. The van der Waals surface area contributed by atoms with Gasteiger partial charge in [-0.15, -0.1) is 0 Å². The monoisotopic (exact) mass is 309 g/mol. The normalized spacial score (nSPS) is 10.5. The van der Waals surface area contributed by atoms with Crippen LogP contribution in [0.4, 0.5) is 5.82 Å². The molecule has 1 N–H and O–H groups in total. The molecule has 0 fully saturated rings. The van der Waals surface area contributed by atoms with Gasteiger partial charge >= 0.3 is 0 Å². The highest BCUT2D eigenvalue weighted by Gasteiger charge is 2.13. The second-order valence-electron chi connectivity index (χ2n) is 5.18. The molecule has 2 heterocycles. The second kappa shape index (κ2) is 6.31. The molecule has 0 radical (unpaired) electrons. The van der Waals surface area contributed by atoms with E-state index in [4.69, 9.17) is 0 Å². The molecule has 0 aliphatic rings. The van der Waals surface area contributed by atoms with Gasteiger partial charge in [0.2, 0.25) is 0 Å². The molecule has 2 aromatic heterocycles. The van der Waals surface area contributed by atoms with E-state index in [1.807, 2.05) is 31.2 Å². The Hall–Kier alpha value is -3.15. The third kappa shape index (κ3) is 3.37. The minimum absolute atomic E-state index is 0.0580. The van der Waals surface area contributed by atoms with E-state index in [0.29, 0.717) is 6.54 Å². The van der Waals surface area contributed by atoms with Crippen molar-refractivity contribution in [1.29, 1.82) is 0 Å². The molecular weight excluding hydrogens is 294 g/mol. The van der Waals surface area contributed by atoms with Gasteiger partial charge in [-0.1, -0.05) is 35.0 Å². The fraction of sp³-hybridized carbons (Fsp3) is 0.118. The average molecular weight is 309 g/mol. The van der Waals surface area contributed by atoms with Crippen LogP contribution in [-0.4, -0.2) is 15.6 Å². The number of hydrogen-bond donors (Lipinski definition) is 1. The van der Waals surface area contributed by atoms with Crippen LogP contribution < -0.4 is 10.9 Å². The minimum Gasteiger partial charge on any atom is -0.363 e. The van der Waals surface area contributed by atoms with Crippen molar-refractivity contribution in [1.82, 2.24) is 9.72 Å². The highest BCUT2D eigenvalue weighted by molar-refractivity contribution is 6.03. The second-order valence-corrected chi connectivity index (χ2v) is 5.18. The molecule has 0 aliphatic heterocycles. The SMILES string of the molecule is Cc1ccc(Cn2cccc(C(=O)Nc3ccon3)c2=O)cc1. The lowest BCUT2D eigenvalue weighted by Crippen LogP contribution is -2.29. The lowest BCUT2D eigenvalue weighted by molar-refractivity contribution is 0.102. The number of carbonyl (C=O) groups is 1. The molecular formula is C17H15N3O3. The number of carbonyl (C=O) groups excluding carboxylic acids is 1. The van der Waals surface area contributed by atoms with Crippen LogP contribution in [0.1, 0.15) is 21.5 Å². The first-order valence-electron chi connectivity index (χ1n) is 7.10. The van der Waals surface area contributed by atoms with Crippen LogP contribution >= 0.6 is 0 Å². The van der Waals surface area contributed by atoms with Gasteiger partial charge in [-0.3, -0.25) is 9.59 Å². The smallest absolute Gasteiger partial charge is 0.263 e. The Morgan fingerprint density at radius 3 is 2.70 bits per heavy atom. The van der Waals surface area contributed by atoms with Crippen LogP contribution in [0, 0.1) is 6.92 Å². The van der Waals surface area contributed by atoms with E-state index in [0.717, 1.165) is 11.1 Å². The molecule has 6 heteroatoms. The van der Waals surface area contributed by atoms with Gasteiger partial charge in [0.25, 0.3) is 11.5 Å². The number of hydrogen-bond acceptors (Lipinski definition) is 4. The quantitative estimate of drug-likeness (QED) is 0.803. The Kier molecular flexibility index (Phi) is 4.05. The van der Waals surface area contributed by atoms with Crippen molar-refractivity contribution in [3.05, 3.63) is 82.0 Å². The Bertz CT molecular complexity index is 865. The van der Waals surface area contributed by atoms with Crippen molar-refractivity contribution in [2.75, 3.05) is 5.32 Å². The molecule has 0 bridgehead atoms. The van der Waals surface area contributed by atoms with Crippen molar-refractivity contribution in [3.8, 4) is 0 Å². The maximum Gasteiger partial charge on any atom is 0.263 e. The fourth-order valence-electron chi connectivity index (χ4n) is 2.19. The predicted molar refractivity (Wildman–Crippen MR) is 85.4 cm³/mol. The number of aryl methyl sites for hydroxylation is 1. The van der Waals surface area contributed by atoms with E-state index in [2.05, 4.69) is 15.0 Å². The summed E-state index contributed by atoms with van der Waals surface area (Å²) in [5, 5.41) is 6.11. The van der Waals surface area contributed by atoms with Crippen molar-refractivity contribution in [3.63, 3.8) is 0 Å². The minimum atomic E-state index is -0.512. The summed E-state index contributed by atoms with van der Waals surface area (Å²) in [6, 6.07) is 12.6. The first-order valence-corrected chi connectivity index (χ1v) is 7.10. The third-order valence-corrected chi connectivity index (χ3v) is 3.42. The molecule has 0 aliphatic carbocycles. The van der Waals surface area contributed by atoms with Gasteiger partial charge in [-0.25, -0.2) is 0 Å². The van der Waals surface area contributed by atoms with Crippen molar-refractivity contribution in [2.45, 2.75) is 13.5 Å². The van der Waals surface area contributed by atoms with Crippen molar-refractivity contribution >= 4 is 11.7 Å². The number of rotatable bonds is 4.